The van der Waals surface area contributed by atoms with Gasteiger partial charge in [-0.15, -0.1) is 11.3 Å². The molecule has 0 saturated heterocycles. The first-order valence-corrected chi connectivity index (χ1v) is 13.3. The number of ether oxygens (including phenoxy) is 1. The molecular weight excluding hydrogens is 430 g/mol. The van der Waals surface area contributed by atoms with Crippen molar-refractivity contribution < 1.29 is 9.84 Å². The lowest BCUT2D eigenvalue weighted by Crippen LogP contribution is -2.37. The topological polar surface area (TPSA) is 58.5 Å². The summed E-state index contributed by atoms with van der Waals surface area (Å²) in [5, 5.41) is 11.7. The summed E-state index contributed by atoms with van der Waals surface area (Å²) in [5.41, 5.74) is 2.70. The lowest BCUT2D eigenvalue weighted by molar-refractivity contribution is 0.151. The highest BCUT2D eigenvalue weighted by Gasteiger charge is 2.33. The Balaban J connectivity index is 1.56. The highest BCUT2D eigenvalue weighted by atomic mass is 32.1. The molecule has 1 saturated carbocycles. The number of aliphatic hydroxyl groups excluding tert-OH is 1. The molecule has 176 valence electrons. The molecule has 0 radical (unpaired) electrons. The van der Waals surface area contributed by atoms with Crippen LogP contribution in [0.4, 0.5) is 5.82 Å². The number of nitrogens with zero attached hydrogens (tertiary/aromatic N) is 3. The fourth-order valence-corrected chi connectivity index (χ4v) is 6.93. The summed E-state index contributed by atoms with van der Waals surface area (Å²) in [6.45, 7) is 2.91. The number of rotatable bonds is 8. The van der Waals surface area contributed by atoms with Crippen LogP contribution in [-0.2, 0) is 13.0 Å². The zero-order chi connectivity index (χ0) is 22.8. The molecule has 2 aromatic heterocycles. The minimum Gasteiger partial charge on any atom is -0.497 e. The maximum atomic E-state index is 10.4. The average Bonchev–Trinajstić information content (AvgIpc) is 3.43. The van der Waals surface area contributed by atoms with E-state index < -0.39 is 0 Å². The van der Waals surface area contributed by atoms with Gasteiger partial charge in [0.1, 0.15) is 22.7 Å². The molecule has 1 N–H and O–H groups in total. The molecule has 3 aromatic rings. The summed E-state index contributed by atoms with van der Waals surface area (Å²) in [6, 6.07) is 8.94. The number of aliphatic hydroxyl groups is 1. The van der Waals surface area contributed by atoms with E-state index in [1.54, 1.807) is 13.4 Å². The third-order valence-electron chi connectivity index (χ3n) is 7.54. The second kappa shape index (κ2) is 9.98. The Morgan fingerprint density at radius 2 is 1.91 bits per heavy atom. The van der Waals surface area contributed by atoms with Crippen LogP contribution in [0.5, 0.6) is 5.75 Å². The SMILES string of the molecule is CCC(O)C[C@H]1CCc2sc3ncnc(N(Cc4ccc(OC)cc4)C4CCCCC4)c3c21. The van der Waals surface area contributed by atoms with Gasteiger partial charge in [0.25, 0.3) is 0 Å². The van der Waals surface area contributed by atoms with E-state index in [-0.39, 0.29) is 6.10 Å². The van der Waals surface area contributed by atoms with Crippen LogP contribution >= 0.6 is 11.3 Å². The van der Waals surface area contributed by atoms with Crippen molar-refractivity contribution in [2.45, 2.75) is 89.3 Å². The molecule has 0 amide bonds. The Morgan fingerprint density at radius 3 is 2.64 bits per heavy atom. The van der Waals surface area contributed by atoms with Gasteiger partial charge in [-0.25, -0.2) is 9.97 Å². The fourth-order valence-electron chi connectivity index (χ4n) is 5.70. The average molecular weight is 466 g/mol. The molecule has 5 nitrogen and oxygen atoms in total. The number of hydrogen-bond donors (Lipinski definition) is 1. The number of aryl methyl sites for hydroxylation is 1. The molecular formula is C27H35N3O2S. The fraction of sp³-hybridized carbons (Fsp3) is 0.556. The van der Waals surface area contributed by atoms with Gasteiger partial charge < -0.3 is 14.7 Å². The Morgan fingerprint density at radius 1 is 1.12 bits per heavy atom. The van der Waals surface area contributed by atoms with E-state index in [9.17, 15) is 5.11 Å². The number of hydrogen-bond acceptors (Lipinski definition) is 6. The normalized spacial score (nSPS) is 19.5. The molecule has 2 heterocycles. The summed E-state index contributed by atoms with van der Waals surface area (Å²) in [7, 11) is 1.71. The van der Waals surface area contributed by atoms with Crippen LogP contribution in [0.3, 0.4) is 0 Å². The number of fused-ring (bicyclic) bond motifs is 3. The molecule has 6 heteroatoms. The van der Waals surface area contributed by atoms with Gasteiger partial charge >= 0.3 is 0 Å². The van der Waals surface area contributed by atoms with E-state index in [1.807, 2.05) is 11.3 Å². The van der Waals surface area contributed by atoms with Crippen LogP contribution in [0.15, 0.2) is 30.6 Å². The molecule has 2 aliphatic carbocycles. The van der Waals surface area contributed by atoms with Gasteiger partial charge in [0, 0.05) is 17.5 Å². The molecule has 0 aliphatic heterocycles. The third-order valence-corrected chi connectivity index (χ3v) is 8.71. The largest absolute Gasteiger partial charge is 0.497 e. The summed E-state index contributed by atoms with van der Waals surface area (Å²) in [5.74, 6) is 2.39. The predicted octanol–water partition coefficient (Wildman–Crippen LogP) is 6.23. The molecule has 33 heavy (non-hydrogen) atoms. The number of anilines is 1. The summed E-state index contributed by atoms with van der Waals surface area (Å²) >= 11 is 1.84. The van der Waals surface area contributed by atoms with Crippen LogP contribution in [0.2, 0.25) is 0 Å². The minimum absolute atomic E-state index is 0.238. The van der Waals surface area contributed by atoms with Gasteiger partial charge in [0.2, 0.25) is 0 Å². The van der Waals surface area contributed by atoms with E-state index >= 15 is 0 Å². The predicted molar refractivity (Wildman–Crippen MR) is 135 cm³/mol. The Labute approximate surface area is 200 Å². The quantitative estimate of drug-likeness (QED) is 0.427. The zero-order valence-electron chi connectivity index (χ0n) is 19.8. The molecule has 2 aliphatic rings. The van der Waals surface area contributed by atoms with Crippen LogP contribution in [-0.4, -0.2) is 34.3 Å². The summed E-state index contributed by atoms with van der Waals surface area (Å²) in [4.78, 5) is 14.7. The first-order valence-electron chi connectivity index (χ1n) is 12.5. The van der Waals surface area contributed by atoms with E-state index in [0.29, 0.717) is 12.0 Å². The van der Waals surface area contributed by atoms with E-state index in [2.05, 4.69) is 36.1 Å². The van der Waals surface area contributed by atoms with Crippen LogP contribution in [0.25, 0.3) is 10.2 Å². The van der Waals surface area contributed by atoms with Crippen molar-refractivity contribution in [1.29, 1.82) is 0 Å². The third kappa shape index (κ3) is 4.60. The van der Waals surface area contributed by atoms with Crippen molar-refractivity contribution in [2.24, 2.45) is 0 Å². The molecule has 1 fully saturated rings. The number of benzene rings is 1. The molecule has 0 spiro atoms. The Kier molecular flexibility index (Phi) is 6.84. The number of thiophene rings is 1. The van der Waals surface area contributed by atoms with Crippen molar-refractivity contribution in [3.05, 3.63) is 46.6 Å². The van der Waals surface area contributed by atoms with Gasteiger partial charge in [0.05, 0.1) is 18.6 Å². The Hall–Kier alpha value is -2.18. The van der Waals surface area contributed by atoms with Gasteiger partial charge in [0.15, 0.2) is 0 Å². The van der Waals surface area contributed by atoms with Crippen LogP contribution in [0.1, 0.15) is 80.2 Å². The van der Waals surface area contributed by atoms with Gasteiger partial charge in [-0.05, 0) is 67.7 Å². The van der Waals surface area contributed by atoms with Crippen molar-refractivity contribution in [1.82, 2.24) is 9.97 Å². The van der Waals surface area contributed by atoms with Crippen molar-refractivity contribution in [3.8, 4) is 5.75 Å². The second-order valence-electron chi connectivity index (χ2n) is 9.62. The van der Waals surface area contributed by atoms with E-state index in [1.165, 1.54) is 53.5 Å². The second-order valence-corrected chi connectivity index (χ2v) is 10.7. The first kappa shape index (κ1) is 22.6. The van der Waals surface area contributed by atoms with Crippen LogP contribution in [0, 0.1) is 0 Å². The monoisotopic (exact) mass is 465 g/mol. The summed E-state index contributed by atoms with van der Waals surface area (Å²) in [6.07, 6.45) is 11.7. The van der Waals surface area contributed by atoms with Gasteiger partial charge in [-0.2, -0.15) is 0 Å². The highest BCUT2D eigenvalue weighted by molar-refractivity contribution is 7.19. The molecule has 0 bridgehead atoms. The molecule has 1 unspecified atom stereocenters. The van der Waals surface area contributed by atoms with Crippen molar-refractivity contribution in [2.75, 3.05) is 12.0 Å². The van der Waals surface area contributed by atoms with Gasteiger partial charge in [-0.1, -0.05) is 38.3 Å². The minimum atomic E-state index is -0.238. The molecule has 2 atom stereocenters. The number of aromatic nitrogens is 2. The molecule has 5 rings (SSSR count). The van der Waals surface area contributed by atoms with E-state index in [4.69, 9.17) is 14.7 Å². The lowest BCUT2D eigenvalue weighted by Gasteiger charge is -2.36. The maximum Gasteiger partial charge on any atom is 0.141 e. The standard InChI is InChI=1S/C27H35N3O2S/c1-3-21(31)15-19-11-14-23-24(19)25-26(28-17-29-27(25)33-23)30(20-7-5-4-6-8-20)16-18-9-12-22(32-2)13-10-18/h9-10,12-13,17,19-21,31H,3-8,11,14-16H2,1-2H3/t19-,21?/m1/s1. The van der Waals surface area contributed by atoms with Crippen molar-refractivity contribution >= 4 is 27.4 Å². The van der Waals surface area contributed by atoms with E-state index in [0.717, 1.165) is 48.6 Å². The summed E-state index contributed by atoms with van der Waals surface area (Å²) < 4.78 is 5.37. The Bertz CT molecular complexity index is 1070. The first-order chi connectivity index (χ1) is 16.2. The highest BCUT2D eigenvalue weighted by Crippen LogP contribution is 2.48. The smallest absolute Gasteiger partial charge is 0.141 e. The zero-order valence-corrected chi connectivity index (χ0v) is 20.6. The molecule has 1 aromatic carbocycles. The van der Waals surface area contributed by atoms with Crippen LogP contribution < -0.4 is 9.64 Å². The van der Waals surface area contributed by atoms with Crippen molar-refractivity contribution in [3.63, 3.8) is 0 Å². The maximum absolute atomic E-state index is 10.4. The van der Waals surface area contributed by atoms with Gasteiger partial charge in [-0.3, -0.25) is 0 Å². The number of methoxy groups -OCH3 is 1. The lowest BCUT2D eigenvalue weighted by atomic mass is 9.92.